The maximum atomic E-state index is 5.42. The van der Waals surface area contributed by atoms with Crippen LogP contribution in [0.15, 0.2) is 4.99 Å². The van der Waals surface area contributed by atoms with E-state index in [0.29, 0.717) is 6.04 Å². The summed E-state index contributed by atoms with van der Waals surface area (Å²) in [6.45, 7) is 11.4. The van der Waals surface area contributed by atoms with E-state index in [1.807, 2.05) is 7.05 Å². The number of hydrogen-bond acceptors (Lipinski definition) is 3. The topological polar surface area (TPSA) is 48.9 Å². The normalized spacial score (nSPS) is 27.7. The Morgan fingerprint density at radius 2 is 1.95 bits per heavy atom. The molecule has 2 rings (SSSR count). The molecule has 2 unspecified atom stereocenters. The van der Waals surface area contributed by atoms with E-state index in [2.05, 4.69) is 41.3 Å². The standard InChI is InChI=1S/C14H28N4O.HI/c1-11-9-12(11)17-13(15-4)16-10-14(2,3)18-5-7-19-8-6-18;/h11-12H,5-10H2,1-4H3,(H2,15,16,17);1H. The van der Waals surface area contributed by atoms with Gasteiger partial charge in [0.2, 0.25) is 0 Å². The summed E-state index contributed by atoms with van der Waals surface area (Å²) < 4.78 is 5.42. The first-order valence-electron chi connectivity index (χ1n) is 7.33. The number of ether oxygens (including phenoxy) is 1. The molecule has 20 heavy (non-hydrogen) atoms. The van der Waals surface area contributed by atoms with Crippen LogP contribution in [-0.2, 0) is 4.74 Å². The van der Waals surface area contributed by atoms with Gasteiger partial charge >= 0.3 is 0 Å². The van der Waals surface area contributed by atoms with Gasteiger partial charge in [0.25, 0.3) is 0 Å². The summed E-state index contributed by atoms with van der Waals surface area (Å²) in [5.74, 6) is 1.71. The fraction of sp³-hybridized carbons (Fsp3) is 0.929. The molecule has 0 radical (unpaired) electrons. The van der Waals surface area contributed by atoms with Crippen LogP contribution in [0, 0.1) is 5.92 Å². The summed E-state index contributed by atoms with van der Waals surface area (Å²) in [5, 5.41) is 6.92. The van der Waals surface area contributed by atoms with Crippen molar-refractivity contribution in [3.8, 4) is 0 Å². The van der Waals surface area contributed by atoms with Crippen molar-refractivity contribution >= 4 is 29.9 Å². The highest BCUT2D eigenvalue weighted by molar-refractivity contribution is 14.0. The van der Waals surface area contributed by atoms with Crippen LogP contribution in [0.2, 0.25) is 0 Å². The van der Waals surface area contributed by atoms with Crippen LogP contribution in [0.5, 0.6) is 0 Å². The predicted molar refractivity (Wildman–Crippen MR) is 94.0 cm³/mol. The molecule has 1 saturated heterocycles. The summed E-state index contributed by atoms with van der Waals surface area (Å²) >= 11 is 0. The Morgan fingerprint density at radius 3 is 2.45 bits per heavy atom. The number of nitrogens with zero attached hydrogens (tertiary/aromatic N) is 2. The number of morpholine rings is 1. The van der Waals surface area contributed by atoms with Gasteiger partial charge in [-0.2, -0.15) is 0 Å². The Labute approximate surface area is 139 Å². The second-order valence-electron chi connectivity index (χ2n) is 6.30. The Balaban J connectivity index is 0.00000200. The zero-order chi connectivity index (χ0) is 13.9. The number of rotatable bonds is 4. The smallest absolute Gasteiger partial charge is 0.191 e. The highest BCUT2D eigenvalue weighted by Crippen LogP contribution is 2.28. The van der Waals surface area contributed by atoms with Gasteiger partial charge in [0, 0.05) is 38.3 Å². The van der Waals surface area contributed by atoms with Crippen LogP contribution in [0.4, 0.5) is 0 Å². The van der Waals surface area contributed by atoms with Crippen molar-refractivity contribution in [2.24, 2.45) is 10.9 Å². The Bertz CT molecular complexity index is 329. The third-order valence-electron chi connectivity index (χ3n) is 4.21. The monoisotopic (exact) mass is 396 g/mol. The van der Waals surface area contributed by atoms with Gasteiger partial charge in [-0.15, -0.1) is 24.0 Å². The lowest BCUT2D eigenvalue weighted by Crippen LogP contribution is -2.56. The third-order valence-corrected chi connectivity index (χ3v) is 4.21. The molecule has 0 amide bonds. The largest absolute Gasteiger partial charge is 0.379 e. The molecule has 0 bridgehead atoms. The number of hydrogen-bond donors (Lipinski definition) is 2. The SMILES string of the molecule is CN=C(NCC(C)(C)N1CCOCC1)NC1CC1C.I. The Hall–Kier alpha value is -0.0800. The quantitative estimate of drug-likeness (QED) is 0.427. The van der Waals surface area contributed by atoms with Crippen LogP contribution < -0.4 is 10.6 Å². The molecule has 1 heterocycles. The summed E-state index contributed by atoms with van der Waals surface area (Å²) in [6.07, 6.45) is 1.26. The molecule has 2 N–H and O–H groups in total. The minimum atomic E-state index is 0. The van der Waals surface area contributed by atoms with E-state index < -0.39 is 0 Å². The number of halogens is 1. The third kappa shape index (κ3) is 5.04. The molecular formula is C14H29IN4O. The first-order valence-corrected chi connectivity index (χ1v) is 7.33. The Morgan fingerprint density at radius 1 is 1.35 bits per heavy atom. The second-order valence-corrected chi connectivity index (χ2v) is 6.30. The lowest BCUT2D eigenvalue weighted by Gasteiger charge is -2.41. The van der Waals surface area contributed by atoms with Crippen molar-refractivity contribution in [2.45, 2.75) is 38.8 Å². The molecule has 1 aliphatic heterocycles. The second kappa shape index (κ2) is 7.79. The van der Waals surface area contributed by atoms with E-state index in [9.17, 15) is 0 Å². The van der Waals surface area contributed by atoms with E-state index in [1.54, 1.807) is 0 Å². The zero-order valence-electron chi connectivity index (χ0n) is 13.1. The van der Waals surface area contributed by atoms with Gasteiger partial charge in [-0.25, -0.2) is 0 Å². The minimum absolute atomic E-state index is 0. The summed E-state index contributed by atoms with van der Waals surface area (Å²) in [4.78, 5) is 6.78. The molecule has 0 aromatic rings. The summed E-state index contributed by atoms with van der Waals surface area (Å²) in [7, 11) is 1.84. The molecule has 5 nitrogen and oxygen atoms in total. The first-order chi connectivity index (χ1) is 9.03. The lowest BCUT2D eigenvalue weighted by atomic mass is 10.0. The zero-order valence-corrected chi connectivity index (χ0v) is 15.4. The molecule has 0 spiro atoms. The molecule has 2 atom stereocenters. The van der Waals surface area contributed by atoms with Crippen LogP contribution in [0.25, 0.3) is 0 Å². The predicted octanol–water partition coefficient (Wildman–Crippen LogP) is 1.29. The highest BCUT2D eigenvalue weighted by atomic mass is 127. The van der Waals surface area contributed by atoms with E-state index in [4.69, 9.17) is 4.74 Å². The van der Waals surface area contributed by atoms with Gasteiger partial charge in [0.05, 0.1) is 13.2 Å². The average Bonchev–Trinajstić information content (AvgIpc) is 3.11. The number of nitrogens with one attached hydrogen (secondary N) is 2. The molecular weight excluding hydrogens is 367 g/mol. The lowest BCUT2D eigenvalue weighted by molar-refractivity contribution is -0.00834. The highest BCUT2D eigenvalue weighted by Gasteiger charge is 2.34. The van der Waals surface area contributed by atoms with E-state index in [0.717, 1.165) is 44.7 Å². The molecule has 2 fully saturated rings. The Kier molecular flexibility index (Phi) is 7.00. The maximum Gasteiger partial charge on any atom is 0.191 e. The van der Waals surface area contributed by atoms with E-state index in [-0.39, 0.29) is 29.5 Å². The molecule has 118 valence electrons. The summed E-state index contributed by atoms with van der Waals surface area (Å²) in [6, 6.07) is 0.609. The van der Waals surface area contributed by atoms with Gasteiger partial charge in [0.15, 0.2) is 5.96 Å². The molecule has 0 aromatic heterocycles. The molecule has 1 saturated carbocycles. The van der Waals surface area contributed by atoms with Crippen LogP contribution >= 0.6 is 24.0 Å². The fourth-order valence-corrected chi connectivity index (χ4v) is 2.47. The van der Waals surface area contributed by atoms with Crippen molar-refractivity contribution < 1.29 is 4.74 Å². The van der Waals surface area contributed by atoms with Gasteiger partial charge in [-0.05, 0) is 26.2 Å². The van der Waals surface area contributed by atoms with Crippen molar-refractivity contribution in [1.82, 2.24) is 15.5 Å². The van der Waals surface area contributed by atoms with Crippen LogP contribution in [0.3, 0.4) is 0 Å². The molecule has 6 heteroatoms. The van der Waals surface area contributed by atoms with Crippen molar-refractivity contribution in [3.05, 3.63) is 0 Å². The molecule has 1 aliphatic carbocycles. The van der Waals surface area contributed by atoms with Crippen LogP contribution in [0.1, 0.15) is 27.2 Å². The average molecular weight is 396 g/mol. The molecule has 2 aliphatic rings. The number of aliphatic imine (C=N–C) groups is 1. The minimum Gasteiger partial charge on any atom is -0.379 e. The number of guanidine groups is 1. The van der Waals surface area contributed by atoms with Crippen molar-refractivity contribution in [3.63, 3.8) is 0 Å². The van der Waals surface area contributed by atoms with Gasteiger partial charge in [-0.3, -0.25) is 9.89 Å². The van der Waals surface area contributed by atoms with Crippen molar-refractivity contribution in [1.29, 1.82) is 0 Å². The maximum absolute atomic E-state index is 5.42. The van der Waals surface area contributed by atoms with Crippen molar-refractivity contribution in [2.75, 3.05) is 39.9 Å². The summed E-state index contributed by atoms with van der Waals surface area (Å²) in [5.41, 5.74) is 0.122. The van der Waals surface area contributed by atoms with Gasteiger partial charge in [0.1, 0.15) is 0 Å². The first kappa shape index (κ1) is 18.0. The van der Waals surface area contributed by atoms with E-state index in [1.165, 1.54) is 6.42 Å². The molecule has 0 aromatic carbocycles. The van der Waals surface area contributed by atoms with Gasteiger partial charge in [-0.1, -0.05) is 6.92 Å². The van der Waals surface area contributed by atoms with Crippen LogP contribution in [-0.4, -0.2) is 62.3 Å². The fourth-order valence-electron chi connectivity index (χ4n) is 2.47. The van der Waals surface area contributed by atoms with E-state index >= 15 is 0 Å². The van der Waals surface area contributed by atoms with Gasteiger partial charge < -0.3 is 15.4 Å².